The average Bonchev–Trinajstić information content (AvgIpc) is 1.99. The molecular weight excluding hydrogens is 216 g/mol. The number of aromatic carboxylic acids is 1. The minimum Gasteiger partial charge on any atom is -0.478 e. The first-order valence-electron chi connectivity index (χ1n) is 4.51. The van der Waals surface area contributed by atoms with Crippen molar-refractivity contribution < 1.29 is 9.90 Å². The Morgan fingerprint density at radius 2 is 1.87 bits per heavy atom. The van der Waals surface area contributed by atoms with E-state index in [-0.39, 0.29) is 16.1 Å². The van der Waals surface area contributed by atoms with Crippen LogP contribution in [0.1, 0.15) is 42.6 Å². The number of rotatable bonds is 1. The van der Waals surface area contributed by atoms with Crippen molar-refractivity contribution in [2.24, 2.45) is 0 Å². The molecule has 0 aromatic carbocycles. The molecule has 1 aromatic rings. The van der Waals surface area contributed by atoms with Crippen molar-refractivity contribution in [3.63, 3.8) is 0 Å². The number of hydrogen-bond acceptors (Lipinski definition) is 3. The Balaban J connectivity index is 3.39. The number of nitrogens with zero attached hydrogens (tertiary/aromatic N) is 2. The molecule has 0 atom stereocenters. The summed E-state index contributed by atoms with van der Waals surface area (Å²) >= 11 is 5.80. The molecule has 0 fully saturated rings. The molecule has 82 valence electrons. The summed E-state index contributed by atoms with van der Waals surface area (Å²) in [4.78, 5) is 19.0. The summed E-state index contributed by atoms with van der Waals surface area (Å²) < 4.78 is 0. The van der Waals surface area contributed by atoms with Crippen LogP contribution in [-0.4, -0.2) is 21.0 Å². The van der Waals surface area contributed by atoms with E-state index in [9.17, 15) is 4.79 Å². The highest BCUT2D eigenvalue weighted by atomic mass is 35.5. The van der Waals surface area contributed by atoms with E-state index >= 15 is 0 Å². The van der Waals surface area contributed by atoms with Crippen molar-refractivity contribution in [1.82, 2.24) is 9.97 Å². The van der Waals surface area contributed by atoms with Gasteiger partial charge in [-0.2, -0.15) is 0 Å². The van der Waals surface area contributed by atoms with Gasteiger partial charge >= 0.3 is 5.97 Å². The normalized spacial score (nSPS) is 11.5. The van der Waals surface area contributed by atoms with Crippen LogP contribution in [0.15, 0.2) is 0 Å². The molecule has 0 bridgehead atoms. The summed E-state index contributed by atoms with van der Waals surface area (Å²) in [5.74, 6) is -0.548. The lowest BCUT2D eigenvalue weighted by Gasteiger charge is -2.17. The van der Waals surface area contributed by atoms with Crippen LogP contribution in [0.5, 0.6) is 0 Å². The van der Waals surface area contributed by atoms with Gasteiger partial charge in [0.1, 0.15) is 16.5 Å². The first kappa shape index (κ1) is 11.9. The smallest absolute Gasteiger partial charge is 0.340 e. The van der Waals surface area contributed by atoms with Gasteiger partial charge in [-0.25, -0.2) is 14.8 Å². The highest BCUT2D eigenvalue weighted by molar-refractivity contribution is 6.32. The highest BCUT2D eigenvalue weighted by Crippen LogP contribution is 2.23. The van der Waals surface area contributed by atoms with Gasteiger partial charge in [0, 0.05) is 5.41 Å². The lowest BCUT2D eigenvalue weighted by molar-refractivity contribution is 0.0695. The molecule has 15 heavy (non-hydrogen) atoms. The molecule has 0 saturated heterocycles. The molecule has 1 heterocycles. The van der Waals surface area contributed by atoms with Crippen LogP contribution >= 0.6 is 11.6 Å². The van der Waals surface area contributed by atoms with Crippen LogP contribution in [0.2, 0.25) is 5.15 Å². The molecule has 5 heteroatoms. The molecule has 0 aliphatic heterocycles. The Kier molecular flexibility index (Phi) is 3.00. The van der Waals surface area contributed by atoms with E-state index in [2.05, 4.69) is 9.97 Å². The van der Waals surface area contributed by atoms with Gasteiger partial charge in [0.15, 0.2) is 0 Å². The van der Waals surface area contributed by atoms with E-state index in [0.717, 1.165) is 0 Å². The third kappa shape index (κ3) is 2.45. The Labute approximate surface area is 93.3 Å². The van der Waals surface area contributed by atoms with Gasteiger partial charge in [0.25, 0.3) is 0 Å². The molecule has 0 aliphatic rings. The molecule has 4 nitrogen and oxygen atoms in total. The van der Waals surface area contributed by atoms with Gasteiger partial charge in [0.05, 0.1) is 5.69 Å². The summed E-state index contributed by atoms with van der Waals surface area (Å²) in [6.07, 6.45) is 0. The fraction of sp³-hybridized carbons (Fsp3) is 0.500. The predicted molar refractivity (Wildman–Crippen MR) is 57.4 cm³/mol. The third-order valence-corrected chi connectivity index (χ3v) is 2.20. The second kappa shape index (κ2) is 3.77. The topological polar surface area (TPSA) is 63.1 Å². The Morgan fingerprint density at radius 3 is 2.20 bits per heavy atom. The molecule has 0 spiro atoms. The molecule has 0 amide bonds. The van der Waals surface area contributed by atoms with E-state index in [1.165, 1.54) is 0 Å². The first-order chi connectivity index (χ1) is 6.73. The highest BCUT2D eigenvalue weighted by Gasteiger charge is 2.22. The molecule has 0 aliphatic carbocycles. The maximum absolute atomic E-state index is 10.8. The van der Waals surface area contributed by atoms with Crippen molar-refractivity contribution in [2.45, 2.75) is 33.1 Å². The van der Waals surface area contributed by atoms with Crippen molar-refractivity contribution in [3.8, 4) is 0 Å². The Hall–Kier alpha value is -1.16. The van der Waals surface area contributed by atoms with Gasteiger partial charge in [-0.15, -0.1) is 0 Å². The maximum Gasteiger partial charge on any atom is 0.340 e. The SMILES string of the molecule is Cc1nc(C(C)(C)C)nc(Cl)c1C(=O)O. The summed E-state index contributed by atoms with van der Waals surface area (Å²) in [6.45, 7) is 7.45. The molecule has 1 rings (SSSR count). The Bertz CT molecular complexity index is 387. The molecule has 0 radical (unpaired) electrons. The quantitative estimate of drug-likeness (QED) is 0.750. The lowest BCUT2D eigenvalue weighted by atomic mass is 9.95. The number of aromatic nitrogens is 2. The maximum atomic E-state index is 10.8. The number of carboxylic acid groups (broad SMARTS) is 1. The van der Waals surface area contributed by atoms with Crippen molar-refractivity contribution in [1.29, 1.82) is 0 Å². The fourth-order valence-corrected chi connectivity index (χ4v) is 1.41. The lowest BCUT2D eigenvalue weighted by Crippen LogP contribution is -2.19. The van der Waals surface area contributed by atoms with Crippen LogP contribution < -0.4 is 0 Å². The monoisotopic (exact) mass is 228 g/mol. The van der Waals surface area contributed by atoms with Crippen molar-refractivity contribution in [2.75, 3.05) is 0 Å². The fourth-order valence-electron chi connectivity index (χ4n) is 1.12. The third-order valence-electron chi connectivity index (χ3n) is 1.93. The standard InChI is InChI=1S/C10H13ClN2O2/c1-5-6(8(14)15)7(11)13-9(12-5)10(2,3)4/h1-4H3,(H,14,15). The first-order valence-corrected chi connectivity index (χ1v) is 4.89. The minimum absolute atomic E-state index is 0.0000694. The second-order valence-electron chi connectivity index (χ2n) is 4.35. The minimum atomic E-state index is -1.10. The predicted octanol–water partition coefficient (Wildman–Crippen LogP) is 2.43. The molecule has 0 unspecified atom stereocenters. The van der Waals surface area contributed by atoms with Gasteiger partial charge in [0.2, 0.25) is 0 Å². The van der Waals surface area contributed by atoms with Crippen LogP contribution in [0.25, 0.3) is 0 Å². The summed E-state index contributed by atoms with van der Waals surface area (Å²) in [5.41, 5.74) is 0.128. The largest absolute Gasteiger partial charge is 0.478 e. The van der Waals surface area contributed by atoms with Crippen molar-refractivity contribution in [3.05, 3.63) is 22.2 Å². The average molecular weight is 229 g/mol. The molecule has 1 aromatic heterocycles. The van der Waals surface area contributed by atoms with E-state index in [4.69, 9.17) is 16.7 Å². The number of carboxylic acids is 1. The zero-order valence-electron chi connectivity index (χ0n) is 9.13. The summed E-state index contributed by atoms with van der Waals surface area (Å²) in [7, 11) is 0. The number of halogens is 1. The van der Waals surface area contributed by atoms with E-state index in [1.54, 1.807) is 6.92 Å². The number of aryl methyl sites for hydroxylation is 1. The van der Waals surface area contributed by atoms with Gasteiger partial charge in [-0.3, -0.25) is 0 Å². The van der Waals surface area contributed by atoms with Crippen LogP contribution in [0.3, 0.4) is 0 Å². The van der Waals surface area contributed by atoms with Gasteiger partial charge in [-0.1, -0.05) is 32.4 Å². The number of carbonyl (C=O) groups is 1. The zero-order valence-corrected chi connectivity index (χ0v) is 9.88. The van der Waals surface area contributed by atoms with Crippen LogP contribution in [-0.2, 0) is 5.41 Å². The van der Waals surface area contributed by atoms with Crippen LogP contribution in [0, 0.1) is 6.92 Å². The zero-order chi connectivity index (χ0) is 11.8. The van der Waals surface area contributed by atoms with E-state index < -0.39 is 5.97 Å². The molecule has 1 N–H and O–H groups in total. The van der Waals surface area contributed by atoms with E-state index in [0.29, 0.717) is 11.5 Å². The Morgan fingerprint density at radius 1 is 1.33 bits per heavy atom. The second-order valence-corrected chi connectivity index (χ2v) is 4.71. The van der Waals surface area contributed by atoms with E-state index in [1.807, 2.05) is 20.8 Å². The van der Waals surface area contributed by atoms with Crippen LogP contribution in [0.4, 0.5) is 0 Å². The summed E-state index contributed by atoms with van der Waals surface area (Å²) in [5, 5.41) is 8.88. The number of hydrogen-bond donors (Lipinski definition) is 1. The van der Waals surface area contributed by atoms with Gasteiger partial charge < -0.3 is 5.11 Å². The van der Waals surface area contributed by atoms with Crippen molar-refractivity contribution >= 4 is 17.6 Å². The van der Waals surface area contributed by atoms with Gasteiger partial charge in [-0.05, 0) is 6.92 Å². The molecular formula is C10H13ClN2O2. The summed E-state index contributed by atoms with van der Waals surface area (Å²) in [6, 6.07) is 0. The molecule has 0 saturated carbocycles.